The quantitative estimate of drug-likeness (QED) is 0.754. The van der Waals surface area contributed by atoms with Crippen LogP contribution < -0.4 is 5.32 Å². The highest BCUT2D eigenvalue weighted by Gasteiger charge is 1.98. The number of hydrogen-bond donors (Lipinski definition) is 1. The lowest BCUT2D eigenvalue weighted by atomic mass is 10.4. The molecule has 0 saturated carbocycles. The highest BCUT2D eigenvalue weighted by molar-refractivity contribution is 7.15. The molecule has 1 heterocycles. The van der Waals surface area contributed by atoms with Crippen LogP contribution in [0.1, 0.15) is 25.3 Å². The first kappa shape index (κ1) is 12.9. The number of aromatic nitrogens is 1. The highest BCUT2D eigenvalue weighted by Crippen LogP contribution is 2.17. The Morgan fingerprint density at radius 1 is 1.60 bits per heavy atom. The third kappa shape index (κ3) is 6.10. The Balaban J connectivity index is 1.98. The summed E-state index contributed by atoms with van der Waals surface area (Å²) in [6, 6.07) is 0. The van der Waals surface area contributed by atoms with Crippen molar-refractivity contribution in [1.82, 2.24) is 10.3 Å². The van der Waals surface area contributed by atoms with Gasteiger partial charge >= 0.3 is 0 Å². The van der Waals surface area contributed by atoms with Gasteiger partial charge in [0, 0.05) is 13.2 Å². The summed E-state index contributed by atoms with van der Waals surface area (Å²) in [5, 5.41) is 4.33. The predicted octanol–water partition coefficient (Wildman–Crippen LogP) is 2.70. The number of nitrogens with zero attached hydrogens (tertiary/aromatic N) is 1. The number of halogens is 1. The van der Waals surface area contributed by atoms with Crippen molar-refractivity contribution in [2.45, 2.75) is 32.9 Å². The Hall–Kier alpha value is -0.160. The van der Waals surface area contributed by atoms with Gasteiger partial charge < -0.3 is 10.1 Å². The lowest BCUT2D eigenvalue weighted by Gasteiger charge is -2.07. The van der Waals surface area contributed by atoms with Gasteiger partial charge in [-0.05, 0) is 26.8 Å². The molecule has 0 aliphatic rings. The number of hydrogen-bond acceptors (Lipinski definition) is 4. The van der Waals surface area contributed by atoms with E-state index in [9.17, 15) is 0 Å². The highest BCUT2D eigenvalue weighted by atomic mass is 35.5. The van der Waals surface area contributed by atoms with Crippen LogP contribution in [0.3, 0.4) is 0 Å². The first-order chi connectivity index (χ1) is 7.18. The fraction of sp³-hybridized carbons (Fsp3) is 0.700. The van der Waals surface area contributed by atoms with Gasteiger partial charge in [0.05, 0.1) is 12.3 Å². The molecule has 86 valence electrons. The van der Waals surface area contributed by atoms with Crippen LogP contribution in [0.15, 0.2) is 6.20 Å². The van der Waals surface area contributed by atoms with E-state index in [0.29, 0.717) is 6.10 Å². The zero-order valence-corrected chi connectivity index (χ0v) is 10.7. The summed E-state index contributed by atoms with van der Waals surface area (Å²) in [5.41, 5.74) is 0. The van der Waals surface area contributed by atoms with E-state index in [1.807, 2.05) is 13.8 Å². The largest absolute Gasteiger partial charge is 0.379 e. The molecule has 0 atom stereocenters. The van der Waals surface area contributed by atoms with Crippen molar-refractivity contribution in [3.8, 4) is 0 Å². The number of nitrogens with one attached hydrogen (secondary N) is 1. The summed E-state index contributed by atoms with van der Waals surface area (Å²) >= 11 is 7.28. The van der Waals surface area contributed by atoms with Gasteiger partial charge in [0.25, 0.3) is 0 Å². The molecule has 1 N–H and O–H groups in total. The van der Waals surface area contributed by atoms with Crippen LogP contribution in [0.4, 0.5) is 0 Å². The topological polar surface area (TPSA) is 34.1 Å². The van der Waals surface area contributed by atoms with Crippen molar-refractivity contribution in [2.75, 3.05) is 13.2 Å². The molecule has 1 aromatic heterocycles. The lowest BCUT2D eigenvalue weighted by molar-refractivity contribution is 0.0770. The zero-order valence-electron chi connectivity index (χ0n) is 9.12. The Labute approximate surface area is 99.8 Å². The first-order valence-corrected chi connectivity index (χ1v) is 6.30. The Morgan fingerprint density at radius 2 is 2.40 bits per heavy atom. The summed E-state index contributed by atoms with van der Waals surface area (Å²) in [4.78, 5) is 4.15. The average molecular weight is 249 g/mol. The molecule has 0 bridgehead atoms. The van der Waals surface area contributed by atoms with E-state index in [2.05, 4.69) is 10.3 Å². The van der Waals surface area contributed by atoms with Crippen molar-refractivity contribution in [3.63, 3.8) is 0 Å². The maximum absolute atomic E-state index is 5.77. The van der Waals surface area contributed by atoms with E-state index in [0.717, 1.165) is 35.5 Å². The Bertz CT molecular complexity index is 278. The minimum Gasteiger partial charge on any atom is -0.379 e. The van der Waals surface area contributed by atoms with E-state index in [-0.39, 0.29) is 0 Å². The summed E-state index contributed by atoms with van der Waals surface area (Å²) in [7, 11) is 0. The van der Waals surface area contributed by atoms with Crippen molar-refractivity contribution < 1.29 is 4.74 Å². The van der Waals surface area contributed by atoms with Crippen LogP contribution >= 0.6 is 22.9 Å². The lowest BCUT2D eigenvalue weighted by Crippen LogP contribution is -2.17. The monoisotopic (exact) mass is 248 g/mol. The molecule has 3 nitrogen and oxygen atoms in total. The molecule has 0 saturated heterocycles. The molecule has 1 aromatic rings. The maximum Gasteiger partial charge on any atom is 0.113 e. The van der Waals surface area contributed by atoms with Crippen LogP contribution in [0, 0.1) is 0 Å². The van der Waals surface area contributed by atoms with Gasteiger partial charge in [0.2, 0.25) is 0 Å². The molecule has 0 unspecified atom stereocenters. The molecule has 1 rings (SSSR count). The Morgan fingerprint density at radius 3 is 3.00 bits per heavy atom. The minimum absolute atomic E-state index is 0.322. The van der Waals surface area contributed by atoms with Crippen molar-refractivity contribution in [2.24, 2.45) is 0 Å². The molecule has 0 aliphatic heterocycles. The SMILES string of the molecule is CC(C)OCCCNCc1ncc(Cl)s1. The summed E-state index contributed by atoms with van der Waals surface area (Å²) in [6.45, 7) is 6.64. The molecule has 0 aromatic carbocycles. The van der Waals surface area contributed by atoms with Gasteiger partial charge in [-0.3, -0.25) is 0 Å². The van der Waals surface area contributed by atoms with Crippen molar-refractivity contribution in [3.05, 3.63) is 15.5 Å². The predicted molar refractivity (Wildman–Crippen MR) is 64.5 cm³/mol. The zero-order chi connectivity index (χ0) is 11.1. The van der Waals surface area contributed by atoms with Gasteiger partial charge in [0.1, 0.15) is 9.34 Å². The molecule has 0 fully saturated rings. The third-order valence-electron chi connectivity index (χ3n) is 1.75. The minimum atomic E-state index is 0.322. The van der Waals surface area contributed by atoms with Crippen LogP contribution in [0.2, 0.25) is 4.34 Å². The molecule has 0 aliphatic carbocycles. The van der Waals surface area contributed by atoms with E-state index >= 15 is 0 Å². The number of thiazole rings is 1. The van der Waals surface area contributed by atoms with Crippen LogP contribution in [0.5, 0.6) is 0 Å². The first-order valence-electron chi connectivity index (χ1n) is 5.11. The molecule has 5 heteroatoms. The molecular weight excluding hydrogens is 232 g/mol. The second-order valence-corrected chi connectivity index (χ2v) is 5.25. The van der Waals surface area contributed by atoms with Gasteiger partial charge in [-0.2, -0.15) is 0 Å². The van der Waals surface area contributed by atoms with E-state index in [1.54, 1.807) is 6.20 Å². The second-order valence-electron chi connectivity index (χ2n) is 3.51. The van der Waals surface area contributed by atoms with Crippen molar-refractivity contribution in [1.29, 1.82) is 0 Å². The normalized spacial score (nSPS) is 11.2. The Kier molecular flexibility index (Phi) is 6.17. The smallest absolute Gasteiger partial charge is 0.113 e. The fourth-order valence-electron chi connectivity index (χ4n) is 1.08. The number of ether oxygens (including phenoxy) is 1. The summed E-state index contributed by atoms with van der Waals surface area (Å²) in [5.74, 6) is 0. The standard InChI is InChI=1S/C10H17ClN2OS/c1-8(2)14-5-3-4-12-7-10-13-6-9(11)15-10/h6,8,12H,3-5,7H2,1-2H3. The van der Waals surface area contributed by atoms with Crippen LogP contribution in [-0.4, -0.2) is 24.2 Å². The fourth-order valence-corrected chi connectivity index (χ4v) is 2.01. The molecule has 15 heavy (non-hydrogen) atoms. The van der Waals surface area contributed by atoms with E-state index in [1.165, 1.54) is 11.3 Å². The molecule has 0 spiro atoms. The van der Waals surface area contributed by atoms with Gasteiger partial charge in [-0.25, -0.2) is 4.98 Å². The maximum atomic E-state index is 5.77. The average Bonchev–Trinajstić information content (AvgIpc) is 2.57. The number of rotatable bonds is 7. The van der Waals surface area contributed by atoms with Gasteiger partial charge in [0.15, 0.2) is 0 Å². The second kappa shape index (κ2) is 7.17. The van der Waals surface area contributed by atoms with E-state index < -0.39 is 0 Å². The molecular formula is C10H17ClN2OS. The summed E-state index contributed by atoms with van der Waals surface area (Å²) in [6.07, 6.45) is 3.03. The summed E-state index contributed by atoms with van der Waals surface area (Å²) < 4.78 is 6.17. The van der Waals surface area contributed by atoms with Crippen LogP contribution in [0.25, 0.3) is 0 Å². The van der Waals surface area contributed by atoms with Gasteiger partial charge in [-0.15, -0.1) is 11.3 Å². The van der Waals surface area contributed by atoms with E-state index in [4.69, 9.17) is 16.3 Å². The molecule has 0 amide bonds. The third-order valence-corrected chi connectivity index (χ3v) is 2.87. The molecule has 0 radical (unpaired) electrons. The van der Waals surface area contributed by atoms with Crippen molar-refractivity contribution >= 4 is 22.9 Å². The van der Waals surface area contributed by atoms with Crippen LogP contribution in [-0.2, 0) is 11.3 Å². The van der Waals surface area contributed by atoms with Gasteiger partial charge in [-0.1, -0.05) is 11.6 Å².